The molecule has 126 valence electrons. The van der Waals surface area contributed by atoms with Gasteiger partial charge in [-0.2, -0.15) is 0 Å². The first kappa shape index (κ1) is 14.5. The highest BCUT2D eigenvalue weighted by atomic mass is 16.3. The third kappa shape index (κ3) is 1.99. The summed E-state index contributed by atoms with van der Waals surface area (Å²) in [5, 5.41) is 22.3. The largest absolute Gasteiger partial charge is 0.508 e. The lowest BCUT2D eigenvalue weighted by Gasteiger charge is -1.97. The lowest BCUT2D eigenvalue weighted by atomic mass is 10.3. The number of fused-ring (bicyclic) bond motifs is 2. The number of aromatic hydroxyl groups is 2. The maximum atomic E-state index is 12.4. The SMILES string of the molecule is O=C1N=c2[13cH]cccc2=[13C]1c1cc(-[13c]2c[nH]c3[13cH]cc(O)cc32)[nH]c1O. The minimum absolute atomic E-state index is 0.0928. The van der Waals surface area contributed by atoms with Crippen LogP contribution in [-0.4, -0.2) is 26.1 Å². The van der Waals surface area contributed by atoms with Crippen LogP contribution >= 0.6 is 0 Å². The second-order valence-corrected chi connectivity index (χ2v) is 6.19. The first-order valence-corrected chi connectivity index (χ1v) is 8.07. The van der Waals surface area contributed by atoms with Crippen molar-refractivity contribution in [2.75, 3.05) is 0 Å². The first-order chi connectivity index (χ1) is 12.6. The molecule has 0 spiro atoms. The van der Waals surface area contributed by atoms with Crippen LogP contribution in [0, 0.1) is 0 Å². The number of hydrogen-bond donors (Lipinski definition) is 4. The molecule has 0 saturated carbocycles. The van der Waals surface area contributed by atoms with Crippen LogP contribution in [0.5, 0.6) is 11.6 Å². The Hall–Kier alpha value is -3.80. The van der Waals surface area contributed by atoms with E-state index >= 15 is 0 Å². The molecule has 0 saturated heterocycles. The molecule has 5 rings (SSSR count). The lowest BCUT2D eigenvalue weighted by molar-refractivity contribution is -0.112. The molecule has 4 N–H and O–H groups in total. The van der Waals surface area contributed by atoms with E-state index in [0.29, 0.717) is 27.4 Å². The van der Waals surface area contributed by atoms with Crippen LogP contribution in [0.25, 0.3) is 27.7 Å². The molecule has 4 aromatic rings. The topological polar surface area (TPSA) is 101 Å². The van der Waals surface area contributed by atoms with Crippen LogP contribution in [0.15, 0.2) is 59.7 Å². The molecule has 2 aromatic carbocycles. The predicted octanol–water partition coefficient (Wildman–Crippen LogP) is 1.93. The Labute approximate surface area is 146 Å². The quantitative estimate of drug-likeness (QED) is 0.417. The molecular formula is C20H13N3O3. The number of carbonyl (C=O) groups is 1. The minimum Gasteiger partial charge on any atom is -0.508 e. The number of benzene rings is 2. The van der Waals surface area contributed by atoms with Crippen molar-refractivity contribution in [2.45, 2.75) is 0 Å². The molecule has 0 fully saturated rings. The van der Waals surface area contributed by atoms with Gasteiger partial charge in [-0.1, -0.05) is 18.2 Å². The molecule has 1 aliphatic heterocycles. The van der Waals surface area contributed by atoms with E-state index in [1.807, 2.05) is 18.2 Å². The third-order valence-corrected chi connectivity index (χ3v) is 4.63. The van der Waals surface area contributed by atoms with Crippen LogP contribution in [0.4, 0.5) is 0 Å². The average molecular weight is 347 g/mol. The lowest BCUT2D eigenvalue weighted by Crippen LogP contribution is -2.22. The van der Waals surface area contributed by atoms with Gasteiger partial charge < -0.3 is 20.2 Å². The molecule has 0 radical (unpaired) electrons. The molecule has 0 aliphatic carbocycles. The normalized spacial score (nSPS) is 13.2. The number of phenolic OH excluding ortho intramolecular Hbond substituents is 1. The summed E-state index contributed by atoms with van der Waals surface area (Å²) in [5.74, 6) is -0.309. The van der Waals surface area contributed by atoms with Crippen LogP contribution in [0.2, 0.25) is 0 Å². The average Bonchev–Trinajstić information content (AvgIpc) is 3.28. The summed E-state index contributed by atoms with van der Waals surface area (Å²) < 4.78 is 0. The summed E-state index contributed by atoms with van der Waals surface area (Å²) >= 11 is 0. The van der Waals surface area contributed by atoms with Gasteiger partial charge >= 0.3 is 0 Å². The van der Waals surface area contributed by atoms with Gasteiger partial charge in [0.1, 0.15) is 5.75 Å². The highest BCUT2D eigenvalue weighted by Crippen LogP contribution is 2.35. The third-order valence-electron chi connectivity index (χ3n) is 4.63. The fourth-order valence-electron chi connectivity index (χ4n) is 3.43. The monoisotopic (exact) mass is 347 g/mol. The number of phenols is 1. The van der Waals surface area contributed by atoms with Crippen LogP contribution < -0.4 is 10.6 Å². The van der Waals surface area contributed by atoms with Gasteiger partial charge in [0.15, 0.2) is 5.88 Å². The standard InChI is InChI=1S/C20H13N3O3/c24-10-5-6-15-12(7-10)14(9-21-15)17-8-13(19(25)23-17)18-11-3-1-2-4-16(11)22-20(18)26/h1-9,21,23-25H/i4+1,6+1,14+1,18+1. The van der Waals surface area contributed by atoms with E-state index in [2.05, 4.69) is 15.0 Å². The van der Waals surface area contributed by atoms with Gasteiger partial charge in [0.05, 0.1) is 22.2 Å². The van der Waals surface area contributed by atoms with Crippen molar-refractivity contribution in [2.24, 2.45) is 4.99 Å². The van der Waals surface area contributed by atoms with E-state index in [-0.39, 0.29) is 17.5 Å². The Morgan fingerprint density at radius 1 is 0.962 bits per heavy atom. The Morgan fingerprint density at radius 3 is 2.69 bits per heavy atom. The first-order valence-electron chi connectivity index (χ1n) is 8.07. The summed E-state index contributed by atoms with van der Waals surface area (Å²) in [6, 6.07) is 14.0. The van der Waals surface area contributed by atoms with Gasteiger partial charge in [0.25, 0.3) is 5.91 Å². The number of rotatable bonds is 2. The number of nitrogens with zero attached hydrogens (tertiary/aromatic N) is 1. The summed E-state index contributed by atoms with van der Waals surface area (Å²) in [5.41, 5.74) is 3.07. The van der Waals surface area contributed by atoms with E-state index in [0.717, 1.165) is 16.5 Å². The van der Waals surface area contributed by atoms with Gasteiger partial charge in [-0.05, 0) is 30.3 Å². The van der Waals surface area contributed by atoms with E-state index in [9.17, 15) is 15.0 Å². The number of nitrogens with one attached hydrogen (secondary N) is 2. The summed E-state index contributed by atoms with van der Waals surface area (Å²) in [4.78, 5) is 22.5. The Balaban J connectivity index is 1.74. The van der Waals surface area contributed by atoms with Crippen LogP contribution in [0.3, 0.4) is 0 Å². The summed E-state index contributed by atoms with van der Waals surface area (Å²) in [6.45, 7) is 0. The molecule has 6 nitrogen and oxygen atoms in total. The maximum Gasteiger partial charge on any atom is 0.279 e. The zero-order chi connectivity index (χ0) is 17.8. The van der Waals surface area contributed by atoms with Crippen molar-refractivity contribution in [3.63, 3.8) is 0 Å². The molecule has 1 amide bonds. The number of H-pyrrole nitrogens is 2. The smallest absolute Gasteiger partial charge is 0.279 e. The number of carbonyl (C=O) groups excluding carboxylic acids is 1. The Kier molecular flexibility index (Phi) is 2.85. The van der Waals surface area contributed by atoms with Gasteiger partial charge in [-0.3, -0.25) is 4.79 Å². The molecule has 6 heteroatoms. The molecule has 0 atom stereocenters. The van der Waals surface area contributed by atoms with Gasteiger partial charge in [-0.25, -0.2) is 4.99 Å². The Bertz CT molecular complexity index is 1330. The molecule has 0 bridgehead atoms. The fourth-order valence-corrected chi connectivity index (χ4v) is 3.43. The van der Waals surface area contributed by atoms with Crippen molar-refractivity contribution in [3.05, 3.63) is 70.9 Å². The fraction of sp³-hybridized carbons (Fsp3) is 0. The number of para-hydroxylation sites is 1. The zero-order valence-electron chi connectivity index (χ0n) is 13.4. The number of aromatic amines is 2. The number of aromatic nitrogens is 2. The van der Waals surface area contributed by atoms with Crippen molar-refractivity contribution >= 4 is 22.4 Å². The molecule has 26 heavy (non-hydrogen) atoms. The number of hydrogen-bond acceptors (Lipinski definition) is 3. The van der Waals surface area contributed by atoms with Crippen LogP contribution in [-0.2, 0) is 4.79 Å². The van der Waals surface area contributed by atoms with E-state index in [1.54, 1.807) is 36.5 Å². The highest BCUT2D eigenvalue weighted by Gasteiger charge is 2.23. The maximum absolute atomic E-state index is 12.4. The van der Waals surface area contributed by atoms with Crippen molar-refractivity contribution in [3.8, 4) is 22.9 Å². The highest BCUT2D eigenvalue weighted by molar-refractivity contribution is 6.21. The van der Waals surface area contributed by atoms with Crippen LogP contribution in [0.1, 0.15) is 5.56 Å². The minimum atomic E-state index is -0.372. The van der Waals surface area contributed by atoms with E-state index < -0.39 is 0 Å². The summed E-state index contributed by atoms with van der Waals surface area (Å²) in [6.07, 6.45) is 1.79. The van der Waals surface area contributed by atoms with E-state index in [1.165, 1.54) is 0 Å². The predicted molar refractivity (Wildman–Crippen MR) is 96.2 cm³/mol. The zero-order valence-corrected chi connectivity index (χ0v) is 13.4. The summed E-state index contributed by atoms with van der Waals surface area (Å²) in [7, 11) is 0. The van der Waals surface area contributed by atoms with E-state index in [4.69, 9.17) is 0 Å². The molecule has 0 unspecified atom stereocenters. The molecular weight excluding hydrogens is 334 g/mol. The molecule has 1 aliphatic rings. The van der Waals surface area contributed by atoms with Gasteiger partial charge in [0.2, 0.25) is 0 Å². The second-order valence-electron chi connectivity index (χ2n) is 6.19. The van der Waals surface area contributed by atoms with Gasteiger partial charge in [0, 0.05) is 27.9 Å². The molecule has 3 heterocycles. The second kappa shape index (κ2) is 5.10. The van der Waals surface area contributed by atoms with Crippen molar-refractivity contribution in [1.82, 2.24) is 9.97 Å². The number of amides is 1. The Morgan fingerprint density at radius 2 is 1.81 bits per heavy atom. The molecule has 2 aromatic heterocycles. The van der Waals surface area contributed by atoms with Gasteiger partial charge in [-0.15, -0.1) is 0 Å². The van der Waals surface area contributed by atoms with Crippen molar-refractivity contribution in [1.29, 1.82) is 0 Å². The van der Waals surface area contributed by atoms with Crippen molar-refractivity contribution < 1.29 is 15.0 Å².